The highest BCUT2D eigenvalue weighted by Crippen LogP contribution is 2.34. The van der Waals surface area contributed by atoms with Crippen molar-refractivity contribution in [2.24, 2.45) is 5.92 Å². The van der Waals surface area contributed by atoms with Gasteiger partial charge in [-0.2, -0.15) is 0 Å². The second kappa shape index (κ2) is 5.69. The van der Waals surface area contributed by atoms with Crippen molar-refractivity contribution in [3.05, 3.63) is 24.8 Å². The molecule has 0 fully saturated rings. The minimum atomic E-state index is 0.507. The van der Waals surface area contributed by atoms with Crippen LogP contribution in [-0.2, 0) is 0 Å². The van der Waals surface area contributed by atoms with Gasteiger partial charge in [-0.1, -0.05) is 19.4 Å². The molecule has 1 rings (SSSR count). The zero-order valence-corrected chi connectivity index (χ0v) is 12.7. The third-order valence-corrected chi connectivity index (χ3v) is 5.40. The molecule has 0 aliphatic rings. The van der Waals surface area contributed by atoms with Crippen molar-refractivity contribution in [2.45, 2.75) is 13.8 Å². The monoisotopic (exact) mass is 356 g/mol. The molecule has 0 spiro atoms. The Morgan fingerprint density at radius 1 is 1.57 bits per heavy atom. The molecule has 0 amide bonds. The number of allylic oxidation sites excluding steroid dienone is 1. The SMILES string of the molecule is CC(C)/C(=C\c1cc(Br)c(Br)s1)CCl. The predicted molar refractivity (Wildman–Crippen MR) is 73.3 cm³/mol. The molecular weight excluding hydrogens is 347 g/mol. The van der Waals surface area contributed by atoms with E-state index in [0.717, 1.165) is 8.26 Å². The third kappa shape index (κ3) is 3.37. The van der Waals surface area contributed by atoms with Gasteiger partial charge in [0.2, 0.25) is 0 Å². The van der Waals surface area contributed by atoms with Crippen molar-refractivity contribution in [1.82, 2.24) is 0 Å². The maximum absolute atomic E-state index is 5.87. The Morgan fingerprint density at radius 2 is 2.21 bits per heavy atom. The van der Waals surface area contributed by atoms with Gasteiger partial charge >= 0.3 is 0 Å². The molecule has 0 nitrogen and oxygen atoms in total. The molecule has 0 radical (unpaired) electrons. The Bertz CT molecular complexity index is 322. The molecule has 78 valence electrons. The van der Waals surface area contributed by atoms with Gasteiger partial charge in [0, 0.05) is 15.2 Å². The van der Waals surface area contributed by atoms with Crippen LogP contribution in [0, 0.1) is 5.92 Å². The number of hydrogen-bond donors (Lipinski definition) is 0. The average Bonchev–Trinajstić information content (AvgIpc) is 2.41. The van der Waals surface area contributed by atoms with Crippen LogP contribution in [0.4, 0.5) is 0 Å². The second-order valence-corrected chi connectivity index (χ2v) is 6.80. The van der Waals surface area contributed by atoms with Crippen LogP contribution < -0.4 is 0 Å². The van der Waals surface area contributed by atoms with Gasteiger partial charge < -0.3 is 0 Å². The maximum atomic E-state index is 5.87. The summed E-state index contributed by atoms with van der Waals surface area (Å²) in [5.41, 5.74) is 1.27. The summed E-state index contributed by atoms with van der Waals surface area (Å²) < 4.78 is 2.23. The minimum absolute atomic E-state index is 0.507. The van der Waals surface area contributed by atoms with Gasteiger partial charge in [0.15, 0.2) is 0 Å². The van der Waals surface area contributed by atoms with Crippen molar-refractivity contribution in [1.29, 1.82) is 0 Å². The van der Waals surface area contributed by atoms with Crippen LogP contribution in [-0.4, -0.2) is 5.88 Å². The molecule has 0 bridgehead atoms. The third-order valence-electron chi connectivity index (χ3n) is 1.89. The molecule has 0 aliphatic carbocycles. The molecule has 0 aliphatic heterocycles. The quantitative estimate of drug-likeness (QED) is 0.621. The van der Waals surface area contributed by atoms with Gasteiger partial charge in [-0.25, -0.2) is 0 Å². The van der Waals surface area contributed by atoms with Crippen molar-refractivity contribution in [2.75, 3.05) is 5.88 Å². The first-order valence-electron chi connectivity index (χ1n) is 4.26. The number of thiophene rings is 1. The largest absolute Gasteiger partial charge is 0.128 e. The first-order chi connectivity index (χ1) is 6.54. The van der Waals surface area contributed by atoms with Gasteiger partial charge in [-0.3, -0.25) is 0 Å². The fourth-order valence-electron chi connectivity index (χ4n) is 0.977. The fraction of sp³-hybridized carbons (Fsp3) is 0.400. The highest BCUT2D eigenvalue weighted by molar-refractivity contribution is 9.13. The zero-order chi connectivity index (χ0) is 10.7. The molecule has 0 aromatic carbocycles. The van der Waals surface area contributed by atoms with E-state index < -0.39 is 0 Å². The molecule has 1 aromatic heterocycles. The number of rotatable bonds is 3. The second-order valence-electron chi connectivity index (χ2n) is 3.28. The van der Waals surface area contributed by atoms with Crippen LogP contribution in [0.1, 0.15) is 18.7 Å². The Hall–Kier alpha value is 0.690. The van der Waals surface area contributed by atoms with Crippen LogP contribution in [0.3, 0.4) is 0 Å². The van der Waals surface area contributed by atoms with Crippen LogP contribution in [0.15, 0.2) is 19.9 Å². The Morgan fingerprint density at radius 3 is 2.57 bits per heavy atom. The maximum Gasteiger partial charge on any atom is 0.0846 e. The lowest BCUT2D eigenvalue weighted by molar-refractivity contribution is 0.778. The van der Waals surface area contributed by atoms with E-state index >= 15 is 0 Å². The summed E-state index contributed by atoms with van der Waals surface area (Å²) in [6.45, 7) is 4.32. The topological polar surface area (TPSA) is 0 Å². The van der Waals surface area contributed by atoms with Gasteiger partial charge in [0.25, 0.3) is 0 Å². The van der Waals surface area contributed by atoms with Gasteiger partial charge in [0.1, 0.15) is 0 Å². The molecule has 0 saturated carbocycles. The summed E-state index contributed by atoms with van der Waals surface area (Å²) >= 11 is 14.5. The van der Waals surface area contributed by atoms with Crippen LogP contribution in [0.25, 0.3) is 6.08 Å². The lowest BCUT2D eigenvalue weighted by atomic mass is 10.0. The molecule has 1 heterocycles. The first-order valence-corrected chi connectivity index (χ1v) is 7.19. The summed E-state index contributed by atoms with van der Waals surface area (Å²) in [4.78, 5) is 1.23. The number of halogens is 3. The van der Waals surface area contributed by atoms with Gasteiger partial charge in [0.05, 0.1) is 3.79 Å². The lowest BCUT2D eigenvalue weighted by Crippen LogP contribution is -1.94. The zero-order valence-electron chi connectivity index (χ0n) is 7.98. The van der Waals surface area contributed by atoms with Crippen molar-refractivity contribution in [3.63, 3.8) is 0 Å². The Labute approximate surface area is 111 Å². The Balaban J connectivity index is 2.94. The van der Waals surface area contributed by atoms with E-state index in [-0.39, 0.29) is 0 Å². The van der Waals surface area contributed by atoms with E-state index in [2.05, 4.69) is 57.8 Å². The highest BCUT2D eigenvalue weighted by atomic mass is 79.9. The Kier molecular flexibility index (Phi) is 5.18. The van der Waals surface area contributed by atoms with Crippen LogP contribution in [0.2, 0.25) is 0 Å². The molecular formula is C10H11Br2ClS. The predicted octanol–water partition coefficient (Wildman–Crippen LogP) is 5.55. The van der Waals surface area contributed by atoms with Crippen LogP contribution >= 0.6 is 54.8 Å². The summed E-state index contributed by atoms with van der Waals surface area (Å²) in [5, 5.41) is 0. The van der Waals surface area contributed by atoms with E-state index in [1.54, 1.807) is 11.3 Å². The van der Waals surface area contributed by atoms with Gasteiger partial charge in [-0.05, 0) is 49.9 Å². The first kappa shape index (κ1) is 12.8. The van der Waals surface area contributed by atoms with Crippen molar-refractivity contribution >= 4 is 60.9 Å². The molecule has 0 atom stereocenters. The smallest absolute Gasteiger partial charge is 0.0846 e. The van der Waals surface area contributed by atoms with E-state index in [9.17, 15) is 0 Å². The average molecular weight is 359 g/mol. The molecule has 0 unspecified atom stereocenters. The molecule has 0 N–H and O–H groups in total. The minimum Gasteiger partial charge on any atom is -0.128 e. The van der Waals surface area contributed by atoms with E-state index in [0.29, 0.717) is 11.8 Å². The summed E-state index contributed by atoms with van der Waals surface area (Å²) in [5.74, 6) is 1.11. The summed E-state index contributed by atoms with van der Waals surface area (Å²) in [6, 6.07) is 2.10. The highest BCUT2D eigenvalue weighted by Gasteiger charge is 2.05. The standard InChI is InChI=1S/C10H11Br2ClS/c1-6(2)7(5-13)3-8-4-9(11)10(12)14-8/h3-4,6H,5H2,1-2H3/b7-3-. The van der Waals surface area contributed by atoms with E-state index in [4.69, 9.17) is 11.6 Å². The molecule has 4 heteroatoms. The summed E-state index contributed by atoms with van der Waals surface area (Å²) in [7, 11) is 0. The van der Waals surface area contributed by atoms with Crippen molar-refractivity contribution < 1.29 is 0 Å². The van der Waals surface area contributed by atoms with Gasteiger partial charge in [-0.15, -0.1) is 22.9 Å². The fourth-order valence-corrected chi connectivity index (χ4v) is 3.43. The molecule has 14 heavy (non-hydrogen) atoms. The van der Waals surface area contributed by atoms with E-state index in [1.807, 2.05) is 0 Å². The van der Waals surface area contributed by atoms with E-state index in [1.165, 1.54) is 10.5 Å². The number of alkyl halides is 1. The summed E-state index contributed by atoms with van der Waals surface area (Å²) in [6.07, 6.45) is 2.16. The molecule has 0 saturated heterocycles. The normalized spacial score (nSPS) is 12.6. The lowest BCUT2D eigenvalue weighted by Gasteiger charge is -2.05. The molecule has 1 aromatic rings. The van der Waals surface area contributed by atoms with Crippen LogP contribution in [0.5, 0.6) is 0 Å². The van der Waals surface area contributed by atoms with Crippen molar-refractivity contribution in [3.8, 4) is 0 Å². The number of hydrogen-bond acceptors (Lipinski definition) is 1.